The molecule has 40 heavy (non-hydrogen) atoms. The van der Waals surface area contributed by atoms with E-state index in [9.17, 15) is 9.59 Å². The smallest absolute Gasteiger partial charge is 0.177 e. The molecular weight excluding hydrogens is 550 g/mol. The topological polar surface area (TPSA) is 368 Å². The Balaban J connectivity index is -0.000000235. The Kier molecular flexibility index (Phi) is 31.2. The molecule has 0 rings (SSSR count). The fourth-order valence-electron chi connectivity index (χ4n) is 2.18. The van der Waals surface area contributed by atoms with Crippen molar-refractivity contribution in [2.75, 3.05) is 47.5 Å². The second-order valence-electron chi connectivity index (χ2n) is 7.67. The lowest BCUT2D eigenvalue weighted by Crippen LogP contribution is -2.46. The first kappa shape index (κ1) is 45.4. The molecule has 0 radical (unpaired) electrons. The summed E-state index contributed by atoms with van der Waals surface area (Å²) in [7, 11) is 4.41. The number of ketones is 1. The van der Waals surface area contributed by atoms with E-state index in [0.29, 0.717) is 0 Å². The highest BCUT2D eigenvalue weighted by Crippen LogP contribution is 2.04. The van der Waals surface area contributed by atoms with E-state index in [4.69, 9.17) is 71.5 Å². The molecular formula is C21H47N3O16. The van der Waals surface area contributed by atoms with Gasteiger partial charge < -0.3 is 87.3 Å². The Bertz CT molecular complexity index is 635. The number of nitrogens with one attached hydrogen (secondary N) is 1. The third-order valence-corrected chi connectivity index (χ3v) is 4.59. The van der Waals surface area contributed by atoms with Crippen LogP contribution in [0.3, 0.4) is 0 Å². The maximum absolute atomic E-state index is 10.9. The molecule has 0 unspecified atom stereocenters. The number of nitrogens with two attached hydrogens (primary N) is 1. The molecule has 19 nitrogen and oxygen atoms in total. The summed E-state index contributed by atoms with van der Waals surface area (Å²) in [6, 6.07) is 0. The maximum atomic E-state index is 10.9. The monoisotopic (exact) mass is 597 g/mol. The first-order chi connectivity index (χ1) is 18.6. The summed E-state index contributed by atoms with van der Waals surface area (Å²) in [4.78, 5) is 24.3. The van der Waals surface area contributed by atoms with E-state index in [1.165, 1.54) is 21.1 Å². The van der Waals surface area contributed by atoms with E-state index >= 15 is 0 Å². The summed E-state index contributed by atoms with van der Waals surface area (Å²) in [5, 5.41) is 126. The molecule has 0 bridgehead atoms. The summed E-state index contributed by atoms with van der Waals surface area (Å²) in [5.74, 6) is -0.637. The Morgan fingerprint density at radius 3 is 1.35 bits per heavy atom. The zero-order valence-corrected chi connectivity index (χ0v) is 22.4. The van der Waals surface area contributed by atoms with Crippen LogP contribution >= 0.6 is 0 Å². The molecule has 242 valence electrons. The van der Waals surface area contributed by atoms with E-state index in [0.717, 1.165) is 6.21 Å². The van der Waals surface area contributed by atoms with Gasteiger partial charge in [0.1, 0.15) is 67.1 Å². The van der Waals surface area contributed by atoms with Crippen LogP contribution in [0, 0.1) is 0 Å². The van der Waals surface area contributed by atoms with Gasteiger partial charge >= 0.3 is 0 Å². The number of hydrogen-bond acceptors (Lipinski definition) is 19. The molecule has 19 heteroatoms. The standard InChI is InChI=1S/2C7H15NO5.C6H12O6.CH5N/c2*1-8-2-4(10)6(12)7(13)5(11)3-9;7-1-3(9)5(11)6(12)4(10)2-8;1-2/h5-9,11-13H,2-3H2,1H3;2,4-7,9-13H,3H2,1H3;1,3-6,8-12H,2H2;2H2,1H3/t5-,6-,7-;4-,5+,6+,7+;3-,4+,5+,6+;/m100./s1. The number of aliphatic imine (C=N–C) groups is 1. The van der Waals surface area contributed by atoms with Crippen LogP contribution in [0.15, 0.2) is 4.99 Å². The predicted molar refractivity (Wildman–Crippen MR) is 137 cm³/mol. The number of aliphatic hydroxyl groups excluding tert-OH is 14. The maximum Gasteiger partial charge on any atom is 0.177 e. The van der Waals surface area contributed by atoms with Crippen LogP contribution in [0.1, 0.15) is 0 Å². The number of rotatable bonds is 16. The molecule has 0 aliphatic carbocycles. The van der Waals surface area contributed by atoms with Crippen molar-refractivity contribution in [3.8, 4) is 0 Å². The molecule has 11 atom stereocenters. The Labute approximate surface area is 230 Å². The van der Waals surface area contributed by atoms with Crippen LogP contribution in [0.4, 0.5) is 0 Å². The van der Waals surface area contributed by atoms with Crippen molar-refractivity contribution in [1.29, 1.82) is 0 Å². The van der Waals surface area contributed by atoms with Gasteiger partial charge in [-0.2, -0.15) is 0 Å². The van der Waals surface area contributed by atoms with Crippen molar-refractivity contribution in [1.82, 2.24) is 5.32 Å². The second kappa shape index (κ2) is 27.5. The number of likely N-dealkylation sites (N-methyl/N-ethyl adjacent to an activating group) is 1. The van der Waals surface area contributed by atoms with Gasteiger partial charge in [0.2, 0.25) is 0 Å². The number of hydrogen-bond donors (Lipinski definition) is 16. The zero-order valence-electron chi connectivity index (χ0n) is 22.4. The molecule has 0 aromatic heterocycles. The number of aldehydes is 1. The number of aliphatic hydroxyl groups is 14. The lowest BCUT2D eigenvalue weighted by molar-refractivity contribution is -0.139. The Morgan fingerprint density at radius 1 is 0.700 bits per heavy atom. The second-order valence-corrected chi connectivity index (χ2v) is 7.67. The highest BCUT2D eigenvalue weighted by molar-refractivity contribution is 5.85. The average molecular weight is 598 g/mol. The van der Waals surface area contributed by atoms with Gasteiger partial charge in [0.05, 0.1) is 26.4 Å². The third kappa shape index (κ3) is 19.4. The number of carbonyl (C=O) groups excluding carboxylic acids is 2. The fraction of sp³-hybridized carbons (Fsp3) is 0.857. The van der Waals surface area contributed by atoms with Gasteiger partial charge in [0.15, 0.2) is 12.1 Å². The minimum Gasteiger partial charge on any atom is -0.394 e. The van der Waals surface area contributed by atoms with E-state index < -0.39 is 92.7 Å². The Hall–Kier alpha value is -1.63. The first-order valence-electron chi connectivity index (χ1n) is 11.6. The molecule has 0 heterocycles. The summed E-state index contributed by atoms with van der Waals surface area (Å²) in [6.45, 7) is -2.25. The molecule has 0 spiro atoms. The summed E-state index contributed by atoms with van der Waals surface area (Å²) in [6.07, 6.45) is -16.6. The van der Waals surface area contributed by atoms with E-state index in [2.05, 4.69) is 16.0 Å². The number of carbonyl (C=O) groups is 2. The van der Waals surface area contributed by atoms with E-state index in [-0.39, 0.29) is 12.8 Å². The minimum atomic E-state index is -1.79. The molecule has 0 fully saturated rings. The van der Waals surface area contributed by atoms with Gasteiger partial charge in [-0.05, 0) is 14.1 Å². The van der Waals surface area contributed by atoms with Crippen LogP contribution < -0.4 is 11.1 Å². The molecule has 0 saturated heterocycles. The minimum absolute atomic E-state index is 0.0258. The van der Waals surface area contributed by atoms with Crippen molar-refractivity contribution in [2.24, 2.45) is 10.7 Å². The highest BCUT2D eigenvalue weighted by Gasteiger charge is 2.30. The van der Waals surface area contributed by atoms with Crippen LogP contribution in [0.5, 0.6) is 0 Å². The lowest BCUT2D eigenvalue weighted by Gasteiger charge is -2.23. The number of Topliss-reactive ketones (excluding diaryl/α,β-unsaturated/α-hetero) is 1. The zero-order chi connectivity index (χ0) is 32.6. The molecule has 0 aromatic rings. The van der Waals surface area contributed by atoms with Crippen LogP contribution in [0.25, 0.3) is 0 Å². The normalized spacial score (nSPS) is 19.2. The van der Waals surface area contributed by atoms with E-state index in [1.54, 1.807) is 0 Å². The quantitative estimate of drug-likeness (QED) is 0.0579. The first-order valence-corrected chi connectivity index (χ1v) is 11.6. The van der Waals surface area contributed by atoms with Crippen molar-refractivity contribution in [2.45, 2.75) is 67.1 Å². The lowest BCUT2D eigenvalue weighted by atomic mass is 10.0. The van der Waals surface area contributed by atoms with Gasteiger partial charge in [-0.15, -0.1) is 0 Å². The molecule has 0 saturated carbocycles. The highest BCUT2D eigenvalue weighted by atomic mass is 16.4. The van der Waals surface area contributed by atoms with Gasteiger partial charge in [0, 0.05) is 13.3 Å². The Morgan fingerprint density at radius 2 is 1.05 bits per heavy atom. The van der Waals surface area contributed by atoms with Crippen molar-refractivity contribution < 1.29 is 81.1 Å². The molecule has 17 N–H and O–H groups in total. The van der Waals surface area contributed by atoms with Crippen LogP contribution in [0.2, 0.25) is 0 Å². The molecule has 0 aliphatic heterocycles. The van der Waals surface area contributed by atoms with E-state index in [1.807, 2.05) is 0 Å². The summed E-state index contributed by atoms with van der Waals surface area (Å²) in [5.41, 5.74) is 4.50. The van der Waals surface area contributed by atoms with Gasteiger partial charge in [0.25, 0.3) is 0 Å². The SMILES string of the molecule is CN.CN=C[C@H](O)[C@@H](O)[C@H](O)[C@H](O)CO.CNCC(=O)[C@@H](O)[C@H](O)[C@H](O)CO.O=C[C@H](O)[C@@H](O)[C@H](O)[C@H](O)CO. The predicted octanol–water partition coefficient (Wildman–Crippen LogP) is -9.83. The average Bonchev–Trinajstić information content (AvgIpc) is 2.98. The molecule has 0 aliphatic rings. The van der Waals surface area contributed by atoms with Crippen molar-refractivity contribution in [3.05, 3.63) is 0 Å². The van der Waals surface area contributed by atoms with Crippen LogP contribution in [-0.4, -0.2) is 204 Å². The van der Waals surface area contributed by atoms with Crippen molar-refractivity contribution >= 4 is 18.3 Å². The van der Waals surface area contributed by atoms with Crippen LogP contribution in [-0.2, 0) is 9.59 Å². The van der Waals surface area contributed by atoms with Gasteiger partial charge in [-0.25, -0.2) is 0 Å². The van der Waals surface area contributed by atoms with Crippen molar-refractivity contribution in [3.63, 3.8) is 0 Å². The summed E-state index contributed by atoms with van der Waals surface area (Å²) >= 11 is 0. The van der Waals surface area contributed by atoms with Gasteiger partial charge in [-0.1, -0.05) is 0 Å². The summed E-state index contributed by atoms with van der Waals surface area (Å²) < 4.78 is 0. The third-order valence-electron chi connectivity index (χ3n) is 4.59. The fourth-order valence-corrected chi connectivity index (χ4v) is 2.18. The van der Waals surface area contributed by atoms with Gasteiger partial charge in [-0.3, -0.25) is 9.79 Å². The molecule has 0 amide bonds. The largest absolute Gasteiger partial charge is 0.394 e. The number of nitrogens with zero attached hydrogens (tertiary/aromatic N) is 1. The molecule has 0 aromatic carbocycles.